The predicted octanol–water partition coefficient (Wildman–Crippen LogP) is 3.02. The minimum atomic E-state index is -0.295. The van der Waals surface area contributed by atoms with Crippen molar-refractivity contribution in [1.29, 1.82) is 0 Å². The van der Waals surface area contributed by atoms with Gasteiger partial charge in [0.25, 0.3) is 5.91 Å². The van der Waals surface area contributed by atoms with Crippen LogP contribution in [0.4, 0.5) is 5.69 Å². The van der Waals surface area contributed by atoms with Crippen LogP contribution >= 0.6 is 0 Å². The lowest BCUT2D eigenvalue weighted by Gasteiger charge is -2.08. The van der Waals surface area contributed by atoms with Crippen molar-refractivity contribution in [1.82, 2.24) is 19.7 Å². The van der Waals surface area contributed by atoms with Crippen LogP contribution in [0.3, 0.4) is 0 Å². The SMILES string of the molecule is COC(=O)CCc1c(C)nn(-c2ccc(C(=O)Nc3ccc4[nH]c(=O)[nH]c4c3)cc2)c1C. The molecule has 0 spiro atoms. The second-order valence-corrected chi connectivity index (χ2v) is 7.48. The van der Waals surface area contributed by atoms with Crippen molar-refractivity contribution < 1.29 is 14.3 Å². The molecule has 0 unspecified atom stereocenters. The summed E-state index contributed by atoms with van der Waals surface area (Å²) in [6.07, 6.45) is 0.854. The van der Waals surface area contributed by atoms with Gasteiger partial charge >= 0.3 is 11.7 Å². The number of carbonyl (C=O) groups excluding carboxylic acids is 2. The Morgan fingerprint density at radius 1 is 1.06 bits per heavy atom. The standard InChI is InChI=1S/C23H23N5O4/c1-13-18(9-11-21(29)32-3)14(2)28(27-13)17-7-4-15(5-8-17)22(30)24-16-6-10-19-20(12-16)26-23(31)25-19/h4-8,10,12H,9,11H2,1-3H3,(H,24,30)(H2,25,26,31). The second-order valence-electron chi connectivity index (χ2n) is 7.48. The Morgan fingerprint density at radius 2 is 1.78 bits per heavy atom. The quantitative estimate of drug-likeness (QED) is 0.404. The van der Waals surface area contributed by atoms with E-state index in [0.717, 1.165) is 22.6 Å². The highest BCUT2D eigenvalue weighted by atomic mass is 16.5. The lowest BCUT2D eigenvalue weighted by Crippen LogP contribution is -2.12. The Kier molecular flexibility index (Phi) is 5.63. The van der Waals surface area contributed by atoms with Gasteiger partial charge in [0, 0.05) is 23.4 Å². The summed E-state index contributed by atoms with van der Waals surface area (Å²) in [6, 6.07) is 12.3. The van der Waals surface area contributed by atoms with E-state index in [9.17, 15) is 14.4 Å². The van der Waals surface area contributed by atoms with Crippen molar-refractivity contribution >= 4 is 28.6 Å². The molecule has 9 heteroatoms. The number of aryl methyl sites for hydroxylation is 1. The number of nitrogens with zero attached hydrogens (tertiary/aromatic N) is 2. The van der Waals surface area contributed by atoms with Crippen molar-refractivity contribution in [2.24, 2.45) is 0 Å². The van der Waals surface area contributed by atoms with Crippen molar-refractivity contribution in [3.63, 3.8) is 0 Å². The summed E-state index contributed by atoms with van der Waals surface area (Å²) in [5.41, 5.74) is 5.69. The Labute approximate surface area is 183 Å². The number of benzene rings is 2. The van der Waals surface area contributed by atoms with E-state index in [0.29, 0.717) is 35.1 Å². The minimum absolute atomic E-state index is 0.256. The fourth-order valence-corrected chi connectivity index (χ4v) is 3.68. The molecule has 0 atom stereocenters. The summed E-state index contributed by atoms with van der Waals surface area (Å²) < 4.78 is 6.53. The Hall–Kier alpha value is -4.14. The molecule has 0 bridgehead atoms. The van der Waals surface area contributed by atoms with Gasteiger partial charge in [0.1, 0.15) is 0 Å². The molecule has 0 aliphatic rings. The van der Waals surface area contributed by atoms with Gasteiger partial charge in [-0.25, -0.2) is 9.48 Å². The average Bonchev–Trinajstić information content (AvgIpc) is 3.29. The molecular formula is C23H23N5O4. The largest absolute Gasteiger partial charge is 0.469 e. The summed E-state index contributed by atoms with van der Waals surface area (Å²) in [5.74, 6) is -0.519. The molecule has 0 saturated carbocycles. The number of fused-ring (bicyclic) bond motifs is 1. The van der Waals surface area contributed by atoms with Gasteiger partial charge in [-0.1, -0.05) is 0 Å². The van der Waals surface area contributed by atoms with Gasteiger partial charge in [-0.05, 0) is 68.3 Å². The van der Waals surface area contributed by atoms with Gasteiger partial charge in [0.2, 0.25) is 0 Å². The minimum Gasteiger partial charge on any atom is -0.469 e. The van der Waals surface area contributed by atoms with Gasteiger partial charge < -0.3 is 20.0 Å². The molecular weight excluding hydrogens is 410 g/mol. The molecule has 0 fully saturated rings. The number of carbonyl (C=O) groups is 2. The van der Waals surface area contributed by atoms with Crippen LogP contribution in [0, 0.1) is 13.8 Å². The van der Waals surface area contributed by atoms with Gasteiger partial charge in [0.05, 0.1) is 29.5 Å². The van der Waals surface area contributed by atoms with Gasteiger partial charge in [-0.15, -0.1) is 0 Å². The van der Waals surface area contributed by atoms with Gasteiger partial charge in [-0.3, -0.25) is 9.59 Å². The number of imidazole rings is 1. The van der Waals surface area contributed by atoms with E-state index < -0.39 is 0 Å². The number of aromatic nitrogens is 4. The summed E-state index contributed by atoms with van der Waals surface area (Å²) in [5, 5.41) is 7.42. The van der Waals surface area contributed by atoms with Crippen LogP contribution in [0.25, 0.3) is 16.7 Å². The lowest BCUT2D eigenvalue weighted by atomic mass is 10.1. The van der Waals surface area contributed by atoms with Crippen LogP contribution in [0.5, 0.6) is 0 Å². The first-order valence-corrected chi connectivity index (χ1v) is 10.1. The number of anilines is 1. The molecule has 1 amide bonds. The van der Waals surface area contributed by atoms with Crippen molar-refractivity contribution in [3.8, 4) is 5.69 Å². The third kappa shape index (κ3) is 4.18. The number of esters is 1. The number of nitrogens with one attached hydrogen (secondary N) is 3. The zero-order valence-corrected chi connectivity index (χ0v) is 18.0. The summed E-state index contributed by atoms with van der Waals surface area (Å²) in [4.78, 5) is 40.9. The summed E-state index contributed by atoms with van der Waals surface area (Å²) in [6.45, 7) is 3.86. The van der Waals surface area contributed by atoms with Crippen LogP contribution in [0.15, 0.2) is 47.3 Å². The highest BCUT2D eigenvalue weighted by molar-refractivity contribution is 6.05. The predicted molar refractivity (Wildman–Crippen MR) is 120 cm³/mol. The molecule has 3 N–H and O–H groups in total. The molecule has 2 aromatic heterocycles. The highest BCUT2D eigenvalue weighted by Crippen LogP contribution is 2.21. The smallest absolute Gasteiger partial charge is 0.323 e. The molecule has 4 aromatic rings. The Balaban J connectivity index is 1.50. The number of hydrogen-bond donors (Lipinski definition) is 3. The van der Waals surface area contributed by atoms with E-state index in [-0.39, 0.29) is 17.6 Å². The van der Waals surface area contributed by atoms with Gasteiger partial charge in [-0.2, -0.15) is 5.10 Å². The number of methoxy groups -OCH3 is 1. The maximum absolute atomic E-state index is 12.6. The molecule has 2 aromatic carbocycles. The fourth-order valence-electron chi connectivity index (χ4n) is 3.68. The van der Waals surface area contributed by atoms with Gasteiger partial charge in [0.15, 0.2) is 0 Å². The van der Waals surface area contributed by atoms with Crippen molar-refractivity contribution in [2.45, 2.75) is 26.7 Å². The average molecular weight is 433 g/mol. The number of H-pyrrole nitrogens is 2. The van der Waals surface area contributed by atoms with Crippen molar-refractivity contribution in [3.05, 3.63) is 75.5 Å². The first kappa shape index (κ1) is 21.1. The number of aromatic amines is 2. The van der Waals surface area contributed by atoms with Crippen LogP contribution in [0.2, 0.25) is 0 Å². The van der Waals surface area contributed by atoms with E-state index in [1.165, 1.54) is 7.11 Å². The monoisotopic (exact) mass is 433 g/mol. The topological polar surface area (TPSA) is 122 Å². The number of ether oxygens (including phenoxy) is 1. The molecule has 0 saturated heterocycles. The number of rotatable bonds is 6. The number of amides is 1. The third-order valence-corrected chi connectivity index (χ3v) is 5.40. The van der Waals surface area contributed by atoms with Crippen molar-refractivity contribution in [2.75, 3.05) is 12.4 Å². The molecule has 32 heavy (non-hydrogen) atoms. The van der Waals surface area contributed by atoms with Crippen LogP contribution in [0.1, 0.15) is 33.7 Å². The molecule has 0 radical (unpaired) electrons. The van der Waals surface area contributed by atoms with E-state index >= 15 is 0 Å². The molecule has 0 aliphatic heterocycles. The third-order valence-electron chi connectivity index (χ3n) is 5.40. The van der Waals surface area contributed by atoms with E-state index in [1.54, 1.807) is 35.0 Å². The normalized spacial score (nSPS) is 11.0. The first-order valence-electron chi connectivity index (χ1n) is 10.1. The maximum atomic E-state index is 12.6. The molecule has 164 valence electrons. The van der Waals surface area contributed by atoms with E-state index in [4.69, 9.17) is 4.74 Å². The summed E-state index contributed by atoms with van der Waals surface area (Å²) in [7, 11) is 1.38. The Bertz CT molecular complexity index is 1360. The van der Waals surface area contributed by atoms with Crippen LogP contribution < -0.4 is 11.0 Å². The van der Waals surface area contributed by atoms with Crippen LogP contribution in [-0.2, 0) is 16.0 Å². The Morgan fingerprint density at radius 3 is 2.50 bits per heavy atom. The van der Waals surface area contributed by atoms with E-state index in [1.807, 2.05) is 26.0 Å². The zero-order valence-electron chi connectivity index (χ0n) is 18.0. The molecule has 2 heterocycles. The molecule has 0 aliphatic carbocycles. The van der Waals surface area contributed by atoms with E-state index in [2.05, 4.69) is 20.4 Å². The zero-order chi connectivity index (χ0) is 22.8. The molecule has 9 nitrogen and oxygen atoms in total. The highest BCUT2D eigenvalue weighted by Gasteiger charge is 2.15. The maximum Gasteiger partial charge on any atom is 0.323 e. The first-order chi connectivity index (χ1) is 15.4. The summed E-state index contributed by atoms with van der Waals surface area (Å²) >= 11 is 0. The number of hydrogen-bond acceptors (Lipinski definition) is 5. The molecule has 4 rings (SSSR count). The van der Waals surface area contributed by atoms with Crippen LogP contribution in [-0.4, -0.2) is 38.7 Å². The fraction of sp³-hybridized carbons (Fsp3) is 0.217. The second kappa shape index (κ2) is 8.54. The lowest BCUT2D eigenvalue weighted by molar-refractivity contribution is -0.140.